The Balaban J connectivity index is 1.57. The molecule has 1 aromatic carbocycles. The molecule has 3 aromatic rings. The molecule has 0 aliphatic heterocycles. The molecule has 2 N–H and O–H groups in total. The number of nitrogens with one attached hydrogen (secondary N) is 2. The fourth-order valence-corrected chi connectivity index (χ4v) is 3.69. The fourth-order valence-electron chi connectivity index (χ4n) is 2.33. The second kappa shape index (κ2) is 9.42. The molecule has 0 bridgehead atoms. The fraction of sp³-hybridized carbons (Fsp3) is 0.235. The molecule has 0 saturated heterocycles. The molecule has 2 heterocycles. The lowest BCUT2D eigenvalue weighted by Gasteiger charge is -2.08. The summed E-state index contributed by atoms with van der Waals surface area (Å²) < 4.78 is 14.7. The van der Waals surface area contributed by atoms with Crippen molar-refractivity contribution in [2.24, 2.45) is 0 Å². The number of thiazole rings is 1. The number of hydrogen-bond acceptors (Lipinski definition) is 7. The summed E-state index contributed by atoms with van der Waals surface area (Å²) >= 11 is 2.58. The number of thioether (sulfide) groups is 1. The Labute approximate surface area is 168 Å². The zero-order chi connectivity index (χ0) is 19.9. The van der Waals surface area contributed by atoms with Crippen LogP contribution in [0.1, 0.15) is 12.7 Å². The molecule has 0 atom stereocenters. The third-order valence-corrected chi connectivity index (χ3v) is 5.22. The Kier molecular flexibility index (Phi) is 6.71. The minimum atomic E-state index is -0.371. The van der Waals surface area contributed by atoms with Crippen LogP contribution in [-0.2, 0) is 22.6 Å². The second-order valence-electron chi connectivity index (χ2n) is 5.55. The van der Waals surface area contributed by atoms with Crippen molar-refractivity contribution in [2.75, 3.05) is 16.4 Å². The molecule has 3 rings (SSSR count). The molecule has 0 aliphatic rings. The number of rotatable bonds is 8. The van der Waals surface area contributed by atoms with Crippen molar-refractivity contribution < 1.29 is 14.0 Å². The summed E-state index contributed by atoms with van der Waals surface area (Å²) in [7, 11) is 0. The number of benzene rings is 1. The first-order valence-electron chi connectivity index (χ1n) is 8.34. The maximum Gasteiger partial charge on any atom is 0.236 e. The van der Waals surface area contributed by atoms with E-state index in [9.17, 15) is 14.0 Å². The van der Waals surface area contributed by atoms with E-state index in [0.717, 1.165) is 0 Å². The third kappa shape index (κ3) is 5.36. The van der Waals surface area contributed by atoms with Gasteiger partial charge in [0.05, 0.1) is 12.2 Å². The van der Waals surface area contributed by atoms with Gasteiger partial charge in [0.15, 0.2) is 10.3 Å². The van der Waals surface area contributed by atoms with Gasteiger partial charge >= 0.3 is 0 Å². The number of carbonyl (C=O) groups excluding carboxylic acids is 2. The molecule has 11 heteroatoms. The van der Waals surface area contributed by atoms with Crippen LogP contribution in [0.2, 0.25) is 0 Å². The van der Waals surface area contributed by atoms with Crippen molar-refractivity contribution in [1.29, 1.82) is 0 Å². The first kappa shape index (κ1) is 20.0. The van der Waals surface area contributed by atoms with Gasteiger partial charge in [0.1, 0.15) is 11.6 Å². The zero-order valence-corrected chi connectivity index (χ0v) is 16.5. The summed E-state index contributed by atoms with van der Waals surface area (Å²) in [5, 5.41) is 16.4. The molecule has 0 radical (unpaired) electrons. The van der Waals surface area contributed by atoms with Gasteiger partial charge in [-0.05, 0) is 31.2 Å². The third-order valence-electron chi connectivity index (χ3n) is 3.57. The van der Waals surface area contributed by atoms with Crippen LogP contribution < -0.4 is 10.6 Å². The monoisotopic (exact) mass is 420 g/mol. The van der Waals surface area contributed by atoms with Gasteiger partial charge in [-0.3, -0.25) is 9.59 Å². The predicted molar refractivity (Wildman–Crippen MR) is 106 cm³/mol. The van der Waals surface area contributed by atoms with Crippen molar-refractivity contribution in [1.82, 2.24) is 19.7 Å². The first-order chi connectivity index (χ1) is 13.5. The van der Waals surface area contributed by atoms with Crippen LogP contribution in [0, 0.1) is 5.82 Å². The van der Waals surface area contributed by atoms with Crippen molar-refractivity contribution in [3.05, 3.63) is 47.5 Å². The van der Waals surface area contributed by atoms with Gasteiger partial charge in [-0.15, -0.1) is 21.5 Å². The molecule has 0 unspecified atom stereocenters. The highest BCUT2D eigenvalue weighted by atomic mass is 32.2. The first-order valence-corrected chi connectivity index (χ1v) is 10.2. The predicted octanol–water partition coefficient (Wildman–Crippen LogP) is 2.81. The Morgan fingerprint density at radius 3 is 2.64 bits per heavy atom. The van der Waals surface area contributed by atoms with Crippen molar-refractivity contribution in [3.8, 4) is 0 Å². The lowest BCUT2D eigenvalue weighted by atomic mass is 10.3. The molecule has 0 aliphatic carbocycles. The van der Waals surface area contributed by atoms with Gasteiger partial charge < -0.3 is 15.2 Å². The molecule has 8 nitrogen and oxygen atoms in total. The average molecular weight is 420 g/mol. The van der Waals surface area contributed by atoms with Crippen molar-refractivity contribution >= 4 is 45.7 Å². The topological polar surface area (TPSA) is 102 Å². The molecule has 2 amide bonds. The zero-order valence-electron chi connectivity index (χ0n) is 14.9. The number of anilines is 2. The van der Waals surface area contributed by atoms with E-state index in [0.29, 0.717) is 28.3 Å². The molecule has 2 aromatic heterocycles. The quantitative estimate of drug-likeness (QED) is 0.544. The van der Waals surface area contributed by atoms with E-state index in [1.54, 1.807) is 16.1 Å². The van der Waals surface area contributed by atoms with E-state index in [-0.39, 0.29) is 29.8 Å². The van der Waals surface area contributed by atoms with Crippen LogP contribution in [0.5, 0.6) is 0 Å². The van der Waals surface area contributed by atoms with E-state index >= 15 is 0 Å². The maximum absolute atomic E-state index is 12.9. The number of nitrogens with zero attached hydrogens (tertiary/aromatic N) is 4. The van der Waals surface area contributed by atoms with Crippen LogP contribution >= 0.6 is 23.1 Å². The lowest BCUT2D eigenvalue weighted by Crippen LogP contribution is -2.18. The van der Waals surface area contributed by atoms with Gasteiger partial charge in [-0.25, -0.2) is 9.37 Å². The van der Waals surface area contributed by atoms with E-state index < -0.39 is 0 Å². The molecule has 146 valence electrons. The molecular formula is C17H17FN6O2S2. The highest BCUT2D eigenvalue weighted by Crippen LogP contribution is 2.19. The lowest BCUT2D eigenvalue weighted by molar-refractivity contribution is -0.116. The summed E-state index contributed by atoms with van der Waals surface area (Å²) in [5.41, 5.74) is 0.502. The van der Waals surface area contributed by atoms with Gasteiger partial charge in [0.2, 0.25) is 11.8 Å². The Morgan fingerprint density at radius 1 is 1.18 bits per heavy atom. The van der Waals surface area contributed by atoms with Crippen LogP contribution in [-0.4, -0.2) is 37.3 Å². The Bertz CT molecular complexity index is 943. The van der Waals surface area contributed by atoms with E-state index in [4.69, 9.17) is 0 Å². The van der Waals surface area contributed by atoms with E-state index in [2.05, 4.69) is 25.8 Å². The summed E-state index contributed by atoms with van der Waals surface area (Å²) in [6, 6.07) is 5.52. The molecule has 28 heavy (non-hydrogen) atoms. The summed E-state index contributed by atoms with van der Waals surface area (Å²) in [6.45, 7) is 2.47. The minimum absolute atomic E-state index is 0.0179. The minimum Gasteiger partial charge on any atom is -0.326 e. The number of hydrogen-bond donors (Lipinski definition) is 2. The van der Waals surface area contributed by atoms with E-state index in [1.165, 1.54) is 47.4 Å². The summed E-state index contributed by atoms with van der Waals surface area (Å²) in [6.07, 6.45) is 1.63. The van der Waals surface area contributed by atoms with Crippen LogP contribution in [0.15, 0.2) is 41.0 Å². The van der Waals surface area contributed by atoms with Gasteiger partial charge in [-0.2, -0.15) is 0 Å². The van der Waals surface area contributed by atoms with Gasteiger partial charge in [-0.1, -0.05) is 11.8 Å². The Hall–Kier alpha value is -2.79. The maximum atomic E-state index is 12.9. The smallest absolute Gasteiger partial charge is 0.236 e. The van der Waals surface area contributed by atoms with Crippen molar-refractivity contribution in [3.63, 3.8) is 0 Å². The van der Waals surface area contributed by atoms with Gasteiger partial charge in [0, 0.05) is 23.8 Å². The standard InChI is InChI=1S/C17H17FN6O2S2/c1-2-24-13(9-14(25)20-12-5-3-11(18)4-6-12)22-23-17(24)28-10-15(26)21-16-19-7-8-27-16/h3-8H,2,9-10H2,1H3,(H,20,25)(H,19,21,26). The normalized spacial score (nSPS) is 10.6. The van der Waals surface area contributed by atoms with E-state index in [1.807, 2.05) is 6.92 Å². The molecule has 0 fully saturated rings. The average Bonchev–Trinajstić information content (AvgIpc) is 3.31. The Morgan fingerprint density at radius 2 is 1.96 bits per heavy atom. The van der Waals surface area contributed by atoms with Gasteiger partial charge in [0.25, 0.3) is 0 Å². The van der Waals surface area contributed by atoms with Crippen molar-refractivity contribution in [2.45, 2.75) is 25.0 Å². The van der Waals surface area contributed by atoms with Crippen LogP contribution in [0.3, 0.4) is 0 Å². The summed E-state index contributed by atoms with van der Waals surface area (Å²) in [4.78, 5) is 28.2. The highest BCUT2D eigenvalue weighted by Gasteiger charge is 2.16. The van der Waals surface area contributed by atoms with Crippen LogP contribution in [0.4, 0.5) is 15.2 Å². The number of carbonyl (C=O) groups is 2. The highest BCUT2D eigenvalue weighted by molar-refractivity contribution is 7.99. The number of halogens is 1. The molecule has 0 spiro atoms. The molecular weight excluding hydrogens is 403 g/mol. The SMILES string of the molecule is CCn1c(CC(=O)Nc2ccc(F)cc2)nnc1SCC(=O)Nc1nccs1. The molecule has 0 saturated carbocycles. The largest absolute Gasteiger partial charge is 0.326 e. The van der Waals surface area contributed by atoms with Crippen LogP contribution in [0.25, 0.3) is 0 Å². The summed E-state index contributed by atoms with van der Waals surface area (Å²) in [5.74, 6) is -0.207. The number of aromatic nitrogens is 4. The second-order valence-corrected chi connectivity index (χ2v) is 7.39. The number of amides is 2.